The second kappa shape index (κ2) is 4.65. The van der Waals surface area contributed by atoms with E-state index in [9.17, 15) is 4.39 Å². The van der Waals surface area contributed by atoms with E-state index in [4.69, 9.17) is 16.9 Å². The lowest BCUT2D eigenvalue weighted by atomic mass is 10.1. The summed E-state index contributed by atoms with van der Waals surface area (Å²) < 4.78 is 13.2. The van der Waals surface area contributed by atoms with Crippen LogP contribution >= 0.6 is 11.6 Å². The maximum absolute atomic E-state index is 13.2. The fourth-order valence-electron chi connectivity index (χ4n) is 0.921. The first-order valence-corrected chi connectivity index (χ1v) is 4.34. The fourth-order valence-corrected chi connectivity index (χ4v) is 1.08. The molecule has 0 saturated carbocycles. The summed E-state index contributed by atoms with van der Waals surface area (Å²) in [6.07, 6.45) is 0.0882. The van der Waals surface area contributed by atoms with Crippen LogP contribution in [-0.2, 0) is 0 Å². The van der Waals surface area contributed by atoms with Crippen molar-refractivity contribution in [1.82, 2.24) is 0 Å². The molecule has 0 radical (unpaired) electrons. The summed E-state index contributed by atoms with van der Waals surface area (Å²) >= 11 is 5.80. The van der Waals surface area contributed by atoms with E-state index in [1.807, 2.05) is 6.07 Å². The molecule has 0 N–H and O–H groups in total. The maximum Gasteiger partial charge on any atom is 0.139 e. The molecule has 0 aliphatic heterocycles. The molecule has 0 aliphatic carbocycles. The third-order valence-corrected chi connectivity index (χ3v) is 2.05. The van der Waals surface area contributed by atoms with Crippen LogP contribution in [0.4, 0.5) is 4.39 Å². The van der Waals surface area contributed by atoms with Crippen molar-refractivity contribution in [3.05, 3.63) is 34.1 Å². The Kier molecular flexibility index (Phi) is 3.51. The molecule has 0 spiro atoms. The van der Waals surface area contributed by atoms with Gasteiger partial charge in [0.25, 0.3) is 0 Å². The summed E-state index contributed by atoms with van der Waals surface area (Å²) in [5.74, 6) is 4.67. The van der Waals surface area contributed by atoms with Gasteiger partial charge in [0.1, 0.15) is 5.82 Å². The minimum Gasteiger partial charge on any atom is -0.206 e. The van der Waals surface area contributed by atoms with E-state index in [2.05, 4.69) is 11.8 Å². The van der Waals surface area contributed by atoms with Crippen LogP contribution in [-0.4, -0.2) is 0 Å². The van der Waals surface area contributed by atoms with E-state index in [0.717, 1.165) is 0 Å². The molecular formula is C11H7ClFN. The zero-order valence-electron chi connectivity index (χ0n) is 7.56. The molecule has 0 aliphatic rings. The molecule has 0 fully saturated rings. The Hall–Kier alpha value is -1.51. The highest BCUT2D eigenvalue weighted by Gasteiger charge is 2.02. The van der Waals surface area contributed by atoms with Gasteiger partial charge in [-0.2, -0.15) is 5.26 Å². The maximum atomic E-state index is 13.2. The summed E-state index contributed by atoms with van der Waals surface area (Å²) in [5, 5.41) is 8.72. The lowest BCUT2D eigenvalue weighted by Gasteiger charge is -1.99. The van der Waals surface area contributed by atoms with Crippen LogP contribution in [0, 0.1) is 35.9 Å². The predicted octanol–water partition coefficient (Wildman–Crippen LogP) is 3.05. The van der Waals surface area contributed by atoms with Gasteiger partial charge in [-0.05, 0) is 24.6 Å². The van der Waals surface area contributed by atoms with Gasteiger partial charge in [-0.25, -0.2) is 4.39 Å². The van der Waals surface area contributed by atoms with Crippen molar-refractivity contribution < 1.29 is 4.39 Å². The second-order valence-electron chi connectivity index (χ2n) is 2.72. The Labute approximate surface area is 87.1 Å². The van der Waals surface area contributed by atoms with Gasteiger partial charge in [0.2, 0.25) is 0 Å². The number of halogens is 2. The first-order chi connectivity index (χ1) is 6.65. The highest BCUT2D eigenvalue weighted by Crippen LogP contribution is 2.19. The third kappa shape index (κ3) is 2.49. The zero-order valence-corrected chi connectivity index (χ0v) is 8.32. The summed E-state index contributed by atoms with van der Waals surface area (Å²) in [6.45, 7) is 1.72. The van der Waals surface area contributed by atoms with Crippen molar-refractivity contribution in [2.45, 2.75) is 13.3 Å². The smallest absolute Gasteiger partial charge is 0.139 e. The normalized spacial score (nSPS) is 8.71. The van der Waals surface area contributed by atoms with Crippen molar-refractivity contribution in [1.29, 1.82) is 5.26 Å². The van der Waals surface area contributed by atoms with Crippen LogP contribution in [0.2, 0.25) is 5.02 Å². The van der Waals surface area contributed by atoms with Gasteiger partial charge < -0.3 is 0 Å². The summed E-state index contributed by atoms with van der Waals surface area (Å²) in [4.78, 5) is 0. The molecule has 0 heterocycles. The molecule has 0 bridgehead atoms. The SMILES string of the molecule is Cc1cc(F)c(C#CCC#N)cc1Cl. The van der Waals surface area contributed by atoms with Crippen molar-refractivity contribution in [3.63, 3.8) is 0 Å². The van der Waals surface area contributed by atoms with Crippen LogP contribution in [0.25, 0.3) is 0 Å². The minimum absolute atomic E-state index is 0.0882. The van der Waals surface area contributed by atoms with Crippen molar-refractivity contribution >= 4 is 11.6 Å². The summed E-state index contributed by atoms with van der Waals surface area (Å²) in [5.41, 5.74) is 0.908. The average molecular weight is 208 g/mol. The Morgan fingerprint density at radius 1 is 1.50 bits per heavy atom. The Morgan fingerprint density at radius 3 is 2.86 bits per heavy atom. The molecule has 3 heteroatoms. The highest BCUT2D eigenvalue weighted by molar-refractivity contribution is 6.31. The molecule has 1 aromatic rings. The minimum atomic E-state index is -0.405. The number of benzene rings is 1. The van der Waals surface area contributed by atoms with Gasteiger partial charge in [-0.15, -0.1) is 0 Å². The largest absolute Gasteiger partial charge is 0.206 e. The lowest BCUT2D eigenvalue weighted by Crippen LogP contribution is -1.86. The number of aryl methyl sites for hydroxylation is 1. The van der Waals surface area contributed by atoms with Crippen LogP contribution < -0.4 is 0 Å². The first-order valence-electron chi connectivity index (χ1n) is 3.96. The zero-order chi connectivity index (χ0) is 10.6. The average Bonchev–Trinajstić information content (AvgIpc) is 2.14. The monoisotopic (exact) mass is 207 g/mol. The quantitative estimate of drug-likeness (QED) is 0.600. The van der Waals surface area contributed by atoms with Gasteiger partial charge in [-0.1, -0.05) is 23.4 Å². The number of nitriles is 1. The van der Waals surface area contributed by atoms with Crippen molar-refractivity contribution in [3.8, 4) is 17.9 Å². The Bertz CT molecular complexity index is 449. The molecule has 0 unspecified atom stereocenters. The molecule has 70 valence electrons. The Balaban J connectivity index is 3.07. The predicted molar refractivity (Wildman–Crippen MR) is 53.3 cm³/mol. The first kappa shape index (κ1) is 10.6. The summed E-state index contributed by atoms with van der Waals surface area (Å²) in [6, 6.07) is 4.66. The fraction of sp³-hybridized carbons (Fsp3) is 0.182. The second-order valence-corrected chi connectivity index (χ2v) is 3.13. The van der Waals surface area contributed by atoms with Gasteiger partial charge in [0, 0.05) is 5.02 Å². The van der Waals surface area contributed by atoms with Crippen LogP contribution in [0.5, 0.6) is 0 Å². The van der Waals surface area contributed by atoms with E-state index in [1.165, 1.54) is 12.1 Å². The molecule has 1 rings (SSSR count). The van der Waals surface area contributed by atoms with Crippen LogP contribution in [0.15, 0.2) is 12.1 Å². The van der Waals surface area contributed by atoms with E-state index in [1.54, 1.807) is 6.92 Å². The van der Waals surface area contributed by atoms with Gasteiger partial charge >= 0.3 is 0 Å². The number of hydrogen-bond donors (Lipinski definition) is 0. The molecule has 1 aromatic carbocycles. The number of nitrogens with zero attached hydrogens (tertiary/aromatic N) is 1. The standard InChI is InChI=1S/C11H7ClFN/c1-8-6-11(13)9(7-10(8)12)4-2-3-5-14/h6-7H,3H2,1H3. The number of hydrogen-bond acceptors (Lipinski definition) is 1. The Morgan fingerprint density at radius 2 is 2.21 bits per heavy atom. The van der Waals surface area contributed by atoms with Gasteiger partial charge in [-0.3, -0.25) is 0 Å². The van der Waals surface area contributed by atoms with Gasteiger partial charge in [0.15, 0.2) is 0 Å². The lowest BCUT2D eigenvalue weighted by molar-refractivity contribution is 0.623. The molecular weight excluding hydrogens is 201 g/mol. The van der Waals surface area contributed by atoms with Crippen molar-refractivity contribution in [2.75, 3.05) is 0 Å². The molecule has 0 atom stereocenters. The third-order valence-electron chi connectivity index (χ3n) is 1.64. The topological polar surface area (TPSA) is 23.8 Å². The van der Waals surface area contributed by atoms with Crippen LogP contribution in [0.1, 0.15) is 17.5 Å². The van der Waals surface area contributed by atoms with Crippen LogP contribution in [0.3, 0.4) is 0 Å². The molecule has 0 saturated heterocycles. The van der Waals surface area contributed by atoms with E-state index >= 15 is 0 Å². The van der Waals surface area contributed by atoms with E-state index in [0.29, 0.717) is 10.6 Å². The molecule has 0 amide bonds. The van der Waals surface area contributed by atoms with E-state index < -0.39 is 5.82 Å². The molecule has 0 aromatic heterocycles. The molecule has 14 heavy (non-hydrogen) atoms. The summed E-state index contributed by atoms with van der Waals surface area (Å²) in [7, 11) is 0. The number of rotatable bonds is 0. The molecule has 1 nitrogen and oxygen atoms in total. The van der Waals surface area contributed by atoms with E-state index in [-0.39, 0.29) is 12.0 Å². The van der Waals surface area contributed by atoms with Gasteiger partial charge in [0.05, 0.1) is 18.1 Å². The highest BCUT2D eigenvalue weighted by atomic mass is 35.5. The van der Waals surface area contributed by atoms with Crippen molar-refractivity contribution in [2.24, 2.45) is 0 Å².